The Morgan fingerprint density at radius 2 is 0.804 bits per heavy atom. The van der Waals surface area contributed by atoms with Crippen molar-refractivity contribution in [1.82, 2.24) is 4.57 Å². The van der Waals surface area contributed by atoms with Gasteiger partial charge >= 0.3 is 0 Å². The van der Waals surface area contributed by atoms with Gasteiger partial charge in [-0.15, -0.1) is 11.3 Å². The lowest BCUT2D eigenvalue weighted by Crippen LogP contribution is -1.98. The SMILES string of the molecule is c1ccc(-c2ccc(-c3cc(-c4ccccc4)cc(-c4ccccc4-n4c5ccccc5c5ccc(-c6cccc7c6sc6ccccc67)cc54)c3)cc2)cc1. The molecule has 11 aromatic rings. The first-order chi connectivity index (χ1) is 27.8. The Hall–Kier alpha value is -7.00. The van der Waals surface area contributed by atoms with E-state index in [0.29, 0.717) is 0 Å². The minimum Gasteiger partial charge on any atom is -0.309 e. The van der Waals surface area contributed by atoms with Crippen LogP contribution in [-0.2, 0) is 0 Å². The van der Waals surface area contributed by atoms with Gasteiger partial charge in [-0.1, -0.05) is 170 Å². The molecule has 0 atom stereocenters. The second-order valence-corrected chi connectivity index (χ2v) is 15.5. The fourth-order valence-corrected chi connectivity index (χ4v) is 9.76. The molecule has 2 aromatic heterocycles. The van der Waals surface area contributed by atoms with Crippen LogP contribution in [0, 0.1) is 0 Å². The second-order valence-electron chi connectivity index (χ2n) is 14.5. The van der Waals surface area contributed by atoms with Crippen LogP contribution in [0.15, 0.2) is 212 Å². The van der Waals surface area contributed by atoms with Gasteiger partial charge in [-0.2, -0.15) is 0 Å². The Morgan fingerprint density at radius 1 is 0.286 bits per heavy atom. The van der Waals surface area contributed by atoms with E-state index in [1.165, 1.54) is 97.6 Å². The third-order valence-electron chi connectivity index (χ3n) is 11.2. The molecule has 0 spiro atoms. The van der Waals surface area contributed by atoms with Gasteiger partial charge in [0.2, 0.25) is 0 Å². The van der Waals surface area contributed by atoms with Gasteiger partial charge in [-0.3, -0.25) is 0 Å². The van der Waals surface area contributed by atoms with Crippen LogP contribution in [-0.4, -0.2) is 4.57 Å². The Labute approximate surface area is 330 Å². The van der Waals surface area contributed by atoms with Crippen LogP contribution in [0.3, 0.4) is 0 Å². The van der Waals surface area contributed by atoms with E-state index >= 15 is 0 Å². The van der Waals surface area contributed by atoms with Crippen LogP contribution in [0.4, 0.5) is 0 Å². The molecule has 2 heteroatoms. The van der Waals surface area contributed by atoms with Crippen molar-refractivity contribution in [1.29, 1.82) is 0 Å². The van der Waals surface area contributed by atoms with E-state index in [1.807, 2.05) is 11.3 Å². The largest absolute Gasteiger partial charge is 0.309 e. The number of benzene rings is 9. The predicted octanol–water partition coefficient (Wildman–Crippen LogP) is 15.5. The number of thiophene rings is 1. The molecule has 0 fully saturated rings. The van der Waals surface area contributed by atoms with Crippen molar-refractivity contribution in [2.75, 3.05) is 0 Å². The monoisotopic (exact) mass is 729 g/mol. The highest BCUT2D eigenvalue weighted by Gasteiger charge is 2.19. The van der Waals surface area contributed by atoms with E-state index in [-0.39, 0.29) is 0 Å². The lowest BCUT2D eigenvalue weighted by molar-refractivity contribution is 1.18. The molecule has 0 aliphatic carbocycles. The highest BCUT2D eigenvalue weighted by Crippen LogP contribution is 2.43. The summed E-state index contributed by atoms with van der Waals surface area (Å²) in [7, 11) is 0. The highest BCUT2D eigenvalue weighted by atomic mass is 32.1. The topological polar surface area (TPSA) is 4.93 Å². The van der Waals surface area contributed by atoms with Crippen LogP contribution in [0.2, 0.25) is 0 Å². The molecule has 0 radical (unpaired) electrons. The normalized spacial score (nSPS) is 11.6. The van der Waals surface area contributed by atoms with Gasteiger partial charge in [0, 0.05) is 36.5 Å². The summed E-state index contributed by atoms with van der Waals surface area (Å²) in [5.41, 5.74) is 15.6. The first-order valence-electron chi connectivity index (χ1n) is 19.2. The first-order valence-corrected chi connectivity index (χ1v) is 20.0. The lowest BCUT2D eigenvalue weighted by Gasteiger charge is -2.17. The summed E-state index contributed by atoms with van der Waals surface area (Å²) in [6.45, 7) is 0. The smallest absolute Gasteiger partial charge is 0.0547 e. The van der Waals surface area contributed by atoms with Gasteiger partial charge in [0.05, 0.1) is 16.7 Å². The fraction of sp³-hybridized carbons (Fsp3) is 0. The Bertz CT molecular complexity index is 3220. The zero-order valence-corrected chi connectivity index (χ0v) is 31.4. The summed E-state index contributed by atoms with van der Waals surface area (Å²) in [5, 5.41) is 5.14. The Kier molecular flexibility index (Phi) is 7.75. The van der Waals surface area contributed by atoms with Crippen molar-refractivity contribution in [2.45, 2.75) is 0 Å². The molecule has 0 aliphatic rings. The molecular weight excluding hydrogens is 695 g/mol. The number of fused-ring (bicyclic) bond motifs is 6. The van der Waals surface area contributed by atoms with Gasteiger partial charge in [0.25, 0.3) is 0 Å². The van der Waals surface area contributed by atoms with E-state index in [1.54, 1.807) is 0 Å². The lowest BCUT2D eigenvalue weighted by atomic mass is 9.92. The van der Waals surface area contributed by atoms with Crippen molar-refractivity contribution >= 4 is 53.3 Å². The highest BCUT2D eigenvalue weighted by molar-refractivity contribution is 7.26. The molecular formula is C54H35NS. The summed E-state index contributed by atoms with van der Waals surface area (Å²) in [5.74, 6) is 0. The van der Waals surface area contributed by atoms with E-state index in [2.05, 4.69) is 217 Å². The quantitative estimate of drug-likeness (QED) is 0.161. The van der Waals surface area contributed by atoms with Crippen molar-refractivity contribution in [2.24, 2.45) is 0 Å². The molecule has 11 rings (SSSR count). The average Bonchev–Trinajstić information content (AvgIpc) is 3.82. The summed E-state index contributed by atoms with van der Waals surface area (Å²) in [4.78, 5) is 0. The number of rotatable bonds is 6. The molecule has 0 saturated carbocycles. The first kappa shape index (κ1) is 32.4. The van der Waals surface area contributed by atoms with Gasteiger partial charge in [0.15, 0.2) is 0 Å². The molecule has 262 valence electrons. The molecule has 0 amide bonds. The van der Waals surface area contributed by atoms with Gasteiger partial charge < -0.3 is 4.57 Å². The van der Waals surface area contributed by atoms with Gasteiger partial charge in [0.1, 0.15) is 0 Å². The molecule has 2 heterocycles. The van der Waals surface area contributed by atoms with Crippen LogP contribution in [0.1, 0.15) is 0 Å². The number of nitrogens with zero attached hydrogens (tertiary/aromatic N) is 1. The molecule has 0 unspecified atom stereocenters. The number of hydrogen-bond donors (Lipinski definition) is 0. The minimum atomic E-state index is 1.16. The van der Waals surface area contributed by atoms with Crippen LogP contribution in [0.25, 0.3) is 103 Å². The summed E-state index contributed by atoms with van der Waals surface area (Å²) < 4.78 is 5.14. The Balaban J connectivity index is 1.11. The second kappa shape index (κ2) is 13.4. The molecule has 56 heavy (non-hydrogen) atoms. The molecule has 0 N–H and O–H groups in total. The molecule has 9 aromatic carbocycles. The molecule has 1 nitrogen and oxygen atoms in total. The summed E-state index contributed by atoms with van der Waals surface area (Å²) >= 11 is 1.89. The zero-order chi connectivity index (χ0) is 37.0. The van der Waals surface area contributed by atoms with Gasteiger partial charge in [-0.25, -0.2) is 0 Å². The maximum Gasteiger partial charge on any atom is 0.0547 e. The summed E-state index contributed by atoms with van der Waals surface area (Å²) in [6, 6.07) is 77.7. The van der Waals surface area contributed by atoms with Crippen LogP contribution >= 0.6 is 11.3 Å². The van der Waals surface area contributed by atoms with E-state index < -0.39 is 0 Å². The van der Waals surface area contributed by atoms with Crippen molar-refractivity contribution in [3.8, 4) is 61.3 Å². The zero-order valence-electron chi connectivity index (χ0n) is 30.6. The third kappa shape index (κ3) is 5.46. The van der Waals surface area contributed by atoms with Crippen molar-refractivity contribution < 1.29 is 0 Å². The van der Waals surface area contributed by atoms with E-state index in [4.69, 9.17) is 0 Å². The third-order valence-corrected chi connectivity index (χ3v) is 12.4. The van der Waals surface area contributed by atoms with Crippen LogP contribution in [0.5, 0.6) is 0 Å². The number of para-hydroxylation sites is 2. The molecule has 0 aliphatic heterocycles. The fourth-order valence-electron chi connectivity index (χ4n) is 8.52. The van der Waals surface area contributed by atoms with Gasteiger partial charge in [-0.05, 0) is 92.5 Å². The predicted molar refractivity (Wildman–Crippen MR) is 241 cm³/mol. The van der Waals surface area contributed by atoms with Crippen molar-refractivity contribution in [3.05, 3.63) is 212 Å². The molecule has 0 saturated heterocycles. The van der Waals surface area contributed by atoms with Crippen LogP contribution < -0.4 is 0 Å². The maximum absolute atomic E-state index is 2.48. The Morgan fingerprint density at radius 3 is 1.57 bits per heavy atom. The average molecular weight is 730 g/mol. The number of aromatic nitrogens is 1. The van der Waals surface area contributed by atoms with Crippen molar-refractivity contribution in [3.63, 3.8) is 0 Å². The van der Waals surface area contributed by atoms with E-state index in [9.17, 15) is 0 Å². The maximum atomic E-state index is 2.48. The summed E-state index contributed by atoms with van der Waals surface area (Å²) in [6.07, 6.45) is 0. The number of hydrogen-bond acceptors (Lipinski definition) is 1. The minimum absolute atomic E-state index is 1.16. The molecule has 0 bridgehead atoms. The standard InChI is InChI=1S/C54H35NS/c1-3-14-36(15-4-1)38-26-28-39(29-27-38)42-32-41(37-16-5-2-6-17-37)33-43(34-42)44-18-7-10-23-50(44)55-51-24-11-8-19-46(51)47-31-30-40(35-52(47)55)45-21-13-22-49-48-20-9-12-25-53(48)56-54(45)49/h1-35H. The van der Waals surface area contributed by atoms with E-state index in [0.717, 1.165) is 5.69 Å².